The smallest absolute Gasteiger partial charge is 0.237 e. The number of aryl methyl sites for hydroxylation is 1. The van der Waals surface area contributed by atoms with Crippen molar-refractivity contribution in [3.05, 3.63) is 65.2 Å². The molecule has 0 aliphatic heterocycles. The molecule has 112 valence electrons. The van der Waals surface area contributed by atoms with Crippen molar-refractivity contribution in [3.63, 3.8) is 0 Å². The van der Waals surface area contributed by atoms with Crippen LogP contribution in [0.1, 0.15) is 23.6 Å². The fraction of sp³-hybridized carbons (Fsp3) is 0.222. The van der Waals surface area contributed by atoms with Gasteiger partial charge in [-0.1, -0.05) is 30.3 Å². The summed E-state index contributed by atoms with van der Waals surface area (Å²) in [6, 6.07) is 17.3. The molecule has 2 aromatic rings. The van der Waals surface area contributed by atoms with Crippen LogP contribution in [0.25, 0.3) is 0 Å². The fourth-order valence-corrected chi connectivity index (χ4v) is 2.81. The lowest BCUT2D eigenvalue weighted by Gasteiger charge is -2.13. The molecule has 1 amide bonds. The lowest BCUT2D eigenvalue weighted by atomic mass is 10.2. The highest BCUT2D eigenvalue weighted by molar-refractivity contribution is 7.99. The second kappa shape index (κ2) is 7.67. The van der Waals surface area contributed by atoms with Gasteiger partial charge in [-0.3, -0.25) is 4.79 Å². The first kappa shape index (κ1) is 16.1. The lowest BCUT2D eigenvalue weighted by Crippen LogP contribution is -2.23. The minimum Gasteiger partial charge on any atom is -0.325 e. The summed E-state index contributed by atoms with van der Waals surface area (Å²) in [6.07, 6.45) is 0. The maximum Gasteiger partial charge on any atom is 0.237 e. The number of amides is 1. The Kier molecular flexibility index (Phi) is 5.62. The van der Waals surface area contributed by atoms with Crippen molar-refractivity contribution >= 4 is 23.4 Å². The monoisotopic (exact) mass is 310 g/mol. The van der Waals surface area contributed by atoms with E-state index < -0.39 is 0 Å². The van der Waals surface area contributed by atoms with Crippen molar-refractivity contribution < 1.29 is 4.79 Å². The van der Waals surface area contributed by atoms with E-state index in [1.54, 1.807) is 17.8 Å². The van der Waals surface area contributed by atoms with Crippen molar-refractivity contribution in [2.45, 2.75) is 24.9 Å². The molecule has 0 aromatic heterocycles. The van der Waals surface area contributed by atoms with Crippen LogP contribution < -0.4 is 5.32 Å². The maximum absolute atomic E-state index is 12.2. The Hall–Kier alpha value is -2.25. The Morgan fingerprint density at radius 1 is 1.27 bits per heavy atom. The summed E-state index contributed by atoms with van der Waals surface area (Å²) in [7, 11) is 0. The summed E-state index contributed by atoms with van der Waals surface area (Å²) in [5, 5.41) is 11.7. The molecule has 1 unspecified atom stereocenters. The van der Waals surface area contributed by atoms with E-state index >= 15 is 0 Å². The molecular weight excluding hydrogens is 292 g/mol. The molecular formula is C18H18N2OS. The zero-order valence-corrected chi connectivity index (χ0v) is 13.5. The predicted octanol–water partition coefficient (Wildman–Crippen LogP) is 4.13. The molecule has 0 aliphatic carbocycles. The van der Waals surface area contributed by atoms with Gasteiger partial charge in [0.1, 0.15) is 0 Å². The number of nitrogens with zero attached hydrogens (tertiary/aromatic N) is 1. The van der Waals surface area contributed by atoms with E-state index in [0.717, 1.165) is 16.8 Å². The average Bonchev–Trinajstić information content (AvgIpc) is 2.54. The van der Waals surface area contributed by atoms with Crippen LogP contribution in [-0.4, -0.2) is 11.2 Å². The highest BCUT2D eigenvalue weighted by Crippen LogP contribution is 2.21. The van der Waals surface area contributed by atoms with Gasteiger partial charge in [-0.25, -0.2) is 0 Å². The number of thioether (sulfide) groups is 1. The van der Waals surface area contributed by atoms with Crippen LogP contribution in [0.5, 0.6) is 0 Å². The third kappa shape index (κ3) is 4.37. The van der Waals surface area contributed by atoms with Crippen LogP contribution in [-0.2, 0) is 10.5 Å². The van der Waals surface area contributed by atoms with Crippen LogP contribution in [0.3, 0.4) is 0 Å². The SMILES string of the molecule is Cc1ccccc1NC(=O)C(C)SCc1cccc(C#N)c1. The van der Waals surface area contributed by atoms with Gasteiger partial charge in [0, 0.05) is 11.4 Å². The first-order valence-electron chi connectivity index (χ1n) is 7.07. The second-order valence-corrected chi connectivity index (χ2v) is 6.40. The topological polar surface area (TPSA) is 52.9 Å². The zero-order chi connectivity index (χ0) is 15.9. The molecule has 0 aliphatic rings. The predicted molar refractivity (Wildman–Crippen MR) is 91.7 cm³/mol. The number of benzene rings is 2. The number of carbonyl (C=O) groups excluding carboxylic acids is 1. The van der Waals surface area contributed by atoms with Crippen molar-refractivity contribution in [3.8, 4) is 6.07 Å². The van der Waals surface area contributed by atoms with Gasteiger partial charge in [0.05, 0.1) is 16.9 Å². The molecule has 0 saturated heterocycles. The standard InChI is InChI=1S/C18H18N2OS/c1-13-6-3-4-9-17(13)20-18(21)14(2)22-12-16-8-5-7-15(10-16)11-19/h3-10,14H,12H2,1-2H3,(H,20,21). The van der Waals surface area contributed by atoms with Gasteiger partial charge in [-0.05, 0) is 43.2 Å². The number of hydrogen-bond donors (Lipinski definition) is 1. The third-order valence-corrected chi connectivity index (χ3v) is 4.54. The molecule has 0 heterocycles. The minimum absolute atomic E-state index is 0.00395. The Labute approximate surface area is 135 Å². The molecule has 22 heavy (non-hydrogen) atoms. The Morgan fingerprint density at radius 2 is 2.05 bits per heavy atom. The van der Waals surface area contributed by atoms with Gasteiger partial charge >= 0.3 is 0 Å². The van der Waals surface area contributed by atoms with Gasteiger partial charge in [-0.15, -0.1) is 11.8 Å². The van der Waals surface area contributed by atoms with Gasteiger partial charge < -0.3 is 5.32 Å². The second-order valence-electron chi connectivity index (χ2n) is 5.07. The molecule has 0 saturated carbocycles. The van der Waals surface area contributed by atoms with E-state index in [2.05, 4.69) is 11.4 Å². The Morgan fingerprint density at radius 3 is 2.77 bits per heavy atom. The normalized spacial score (nSPS) is 11.5. The van der Waals surface area contributed by atoms with Gasteiger partial charge in [0.15, 0.2) is 0 Å². The first-order valence-corrected chi connectivity index (χ1v) is 8.12. The molecule has 1 atom stereocenters. The highest BCUT2D eigenvalue weighted by Gasteiger charge is 2.14. The quantitative estimate of drug-likeness (QED) is 0.903. The number of anilines is 1. The fourth-order valence-electron chi connectivity index (χ4n) is 1.98. The summed E-state index contributed by atoms with van der Waals surface area (Å²) < 4.78 is 0. The number of para-hydroxylation sites is 1. The summed E-state index contributed by atoms with van der Waals surface area (Å²) in [5.74, 6) is 0.702. The Bertz CT molecular complexity index is 706. The van der Waals surface area contributed by atoms with Crippen LogP contribution >= 0.6 is 11.8 Å². The zero-order valence-electron chi connectivity index (χ0n) is 12.7. The largest absolute Gasteiger partial charge is 0.325 e. The van der Waals surface area contributed by atoms with E-state index in [1.807, 2.05) is 56.3 Å². The number of rotatable bonds is 5. The minimum atomic E-state index is -0.162. The average molecular weight is 310 g/mol. The number of nitriles is 1. The molecule has 0 fully saturated rings. The number of nitrogens with one attached hydrogen (secondary N) is 1. The number of carbonyl (C=O) groups is 1. The van der Waals surface area contributed by atoms with Gasteiger partial charge in [0.25, 0.3) is 0 Å². The summed E-state index contributed by atoms with van der Waals surface area (Å²) in [4.78, 5) is 12.2. The number of hydrogen-bond acceptors (Lipinski definition) is 3. The molecule has 0 spiro atoms. The molecule has 3 nitrogen and oxygen atoms in total. The lowest BCUT2D eigenvalue weighted by molar-refractivity contribution is -0.115. The molecule has 0 bridgehead atoms. The highest BCUT2D eigenvalue weighted by atomic mass is 32.2. The summed E-state index contributed by atoms with van der Waals surface area (Å²) in [5.41, 5.74) is 3.61. The Balaban J connectivity index is 1.91. The molecule has 2 rings (SSSR count). The van der Waals surface area contributed by atoms with E-state index in [4.69, 9.17) is 5.26 Å². The van der Waals surface area contributed by atoms with Crippen LogP contribution in [0.4, 0.5) is 5.69 Å². The maximum atomic E-state index is 12.2. The van der Waals surface area contributed by atoms with Crippen molar-refractivity contribution in [2.75, 3.05) is 5.32 Å². The third-order valence-electron chi connectivity index (χ3n) is 3.33. The summed E-state index contributed by atoms with van der Waals surface area (Å²) >= 11 is 1.56. The van der Waals surface area contributed by atoms with Crippen LogP contribution in [0.15, 0.2) is 48.5 Å². The molecule has 2 aromatic carbocycles. The molecule has 4 heteroatoms. The van der Waals surface area contributed by atoms with Crippen molar-refractivity contribution in [1.29, 1.82) is 5.26 Å². The van der Waals surface area contributed by atoms with E-state index in [-0.39, 0.29) is 11.2 Å². The van der Waals surface area contributed by atoms with Gasteiger partial charge in [-0.2, -0.15) is 5.26 Å². The first-order chi connectivity index (χ1) is 10.6. The van der Waals surface area contributed by atoms with Gasteiger partial charge in [0.2, 0.25) is 5.91 Å². The van der Waals surface area contributed by atoms with E-state index in [0.29, 0.717) is 11.3 Å². The van der Waals surface area contributed by atoms with Crippen LogP contribution in [0, 0.1) is 18.3 Å². The summed E-state index contributed by atoms with van der Waals surface area (Å²) in [6.45, 7) is 3.87. The molecule has 1 N–H and O–H groups in total. The molecule has 0 radical (unpaired) electrons. The van der Waals surface area contributed by atoms with E-state index in [1.165, 1.54) is 0 Å². The van der Waals surface area contributed by atoms with Crippen molar-refractivity contribution in [1.82, 2.24) is 0 Å². The van der Waals surface area contributed by atoms with Crippen molar-refractivity contribution in [2.24, 2.45) is 0 Å². The van der Waals surface area contributed by atoms with Crippen LogP contribution in [0.2, 0.25) is 0 Å². The van der Waals surface area contributed by atoms with E-state index in [9.17, 15) is 4.79 Å².